The summed E-state index contributed by atoms with van der Waals surface area (Å²) >= 11 is 0. The van der Waals surface area contributed by atoms with Gasteiger partial charge in [-0.25, -0.2) is 4.39 Å². The van der Waals surface area contributed by atoms with Gasteiger partial charge in [-0.05, 0) is 47.6 Å². The van der Waals surface area contributed by atoms with E-state index in [-0.39, 0.29) is 16.7 Å². The third kappa shape index (κ3) is 4.43. The van der Waals surface area contributed by atoms with Crippen molar-refractivity contribution in [3.63, 3.8) is 0 Å². The molecule has 2 aromatic rings. The Bertz CT molecular complexity index is 977. The molecule has 30 heavy (non-hydrogen) atoms. The van der Waals surface area contributed by atoms with Crippen molar-refractivity contribution >= 4 is 7.60 Å². The van der Waals surface area contributed by atoms with Crippen LogP contribution in [0.15, 0.2) is 36.4 Å². The summed E-state index contributed by atoms with van der Waals surface area (Å²) in [6.07, 6.45) is -1.52. The zero-order valence-corrected chi connectivity index (χ0v) is 16.5. The second kappa shape index (κ2) is 8.02. The molecule has 2 aromatic carbocycles. The van der Waals surface area contributed by atoms with Gasteiger partial charge < -0.3 is 9.79 Å². The molecule has 3 nitrogen and oxygen atoms in total. The maximum absolute atomic E-state index is 14.5. The molecular formula is C20H19F6O3P. The third-order valence-electron chi connectivity index (χ3n) is 5.39. The van der Waals surface area contributed by atoms with E-state index in [2.05, 4.69) is 0 Å². The first-order valence-electron chi connectivity index (χ1n) is 9.27. The smallest absolute Gasteiger partial charge is 0.320 e. The Balaban J connectivity index is 2.16. The molecule has 0 atom stereocenters. The first kappa shape index (κ1) is 22.8. The molecule has 164 valence electrons. The van der Waals surface area contributed by atoms with Gasteiger partial charge in [0.05, 0.1) is 5.56 Å². The van der Waals surface area contributed by atoms with Gasteiger partial charge in [-0.2, -0.15) is 22.0 Å². The van der Waals surface area contributed by atoms with E-state index in [1.165, 1.54) is 6.07 Å². The van der Waals surface area contributed by atoms with Crippen molar-refractivity contribution in [1.29, 1.82) is 0 Å². The van der Waals surface area contributed by atoms with E-state index in [9.17, 15) is 30.9 Å². The summed E-state index contributed by atoms with van der Waals surface area (Å²) in [6.45, 7) is 0. The zero-order chi connectivity index (χ0) is 22.3. The Morgan fingerprint density at radius 1 is 0.833 bits per heavy atom. The molecule has 3 rings (SSSR count). The second-order valence-corrected chi connectivity index (χ2v) is 9.06. The van der Waals surface area contributed by atoms with Crippen LogP contribution in [0, 0.1) is 5.82 Å². The highest BCUT2D eigenvalue weighted by atomic mass is 31.2. The van der Waals surface area contributed by atoms with Gasteiger partial charge in [0.15, 0.2) is 0 Å². The third-order valence-corrected chi connectivity index (χ3v) is 6.36. The molecule has 0 saturated heterocycles. The fourth-order valence-corrected chi connectivity index (χ4v) is 4.36. The minimum Gasteiger partial charge on any atom is -0.320 e. The van der Waals surface area contributed by atoms with Gasteiger partial charge in [0, 0.05) is 5.56 Å². The van der Waals surface area contributed by atoms with Crippen LogP contribution in [-0.4, -0.2) is 9.79 Å². The van der Waals surface area contributed by atoms with Crippen LogP contribution in [0.25, 0.3) is 11.1 Å². The number of halogens is 6. The molecule has 0 aliphatic heterocycles. The Labute approximate surface area is 168 Å². The molecule has 1 fully saturated rings. The largest absolute Gasteiger partial charge is 0.419 e. The van der Waals surface area contributed by atoms with Gasteiger partial charge in [-0.15, -0.1) is 0 Å². The molecule has 0 amide bonds. The summed E-state index contributed by atoms with van der Waals surface area (Å²) < 4.78 is 93.2. The zero-order valence-electron chi connectivity index (χ0n) is 15.6. The van der Waals surface area contributed by atoms with E-state index in [0.717, 1.165) is 37.5 Å². The van der Waals surface area contributed by atoms with Gasteiger partial charge in [0.25, 0.3) is 0 Å². The average molecular weight is 452 g/mol. The Hall–Kier alpha value is -1.83. The summed E-state index contributed by atoms with van der Waals surface area (Å²) in [6, 6.07) is 5.49. The Morgan fingerprint density at radius 2 is 1.40 bits per heavy atom. The summed E-state index contributed by atoms with van der Waals surface area (Å²) in [5.74, 6) is -1.86. The molecule has 0 aromatic heterocycles. The van der Waals surface area contributed by atoms with Crippen molar-refractivity contribution in [3.05, 3.63) is 58.9 Å². The summed E-state index contributed by atoms with van der Waals surface area (Å²) in [7, 11) is -5.82. The number of benzene rings is 2. The lowest BCUT2D eigenvalue weighted by Gasteiger charge is -2.28. The van der Waals surface area contributed by atoms with Gasteiger partial charge >= 0.3 is 19.4 Å². The summed E-state index contributed by atoms with van der Waals surface area (Å²) in [5.41, 5.74) is -6.65. The topological polar surface area (TPSA) is 57.5 Å². The van der Waals surface area contributed by atoms with E-state index in [1.807, 2.05) is 0 Å². The van der Waals surface area contributed by atoms with Gasteiger partial charge in [-0.1, -0.05) is 43.5 Å². The van der Waals surface area contributed by atoms with Crippen LogP contribution in [0.5, 0.6) is 0 Å². The van der Waals surface area contributed by atoms with Crippen molar-refractivity contribution in [2.75, 3.05) is 0 Å². The van der Waals surface area contributed by atoms with Crippen LogP contribution in [0.2, 0.25) is 0 Å². The molecular weight excluding hydrogens is 433 g/mol. The molecule has 0 unspecified atom stereocenters. The Kier molecular flexibility index (Phi) is 6.11. The molecule has 0 bridgehead atoms. The lowest BCUT2D eigenvalue weighted by Crippen LogP contribution is -2.19. The molecule has 10 heteroatoms. The average Bonchev–Trinajstić information content (AvgIpc) is 2.67. The van der Waals surface area contributed by atoms with E-state index in [4.69, 9.17) is 9.79 Å². The van der Waals surface area contributed by atoms with Gasteiger partial charge in [0.2, 0.25) is 0 Å². The quantitative estimate of drug-likeness (QED) is 0.397. The molecule has 0 heterocycles. The van der Waals surface area contributed by atoms with Crippen LogP contribution in [-0.2, 0) is 16.4 Å². The fraction of sp³-hybridized carbons (Fsp3) is 0.400. The normalized spacial score (nSPS) is 16.7. The highest BCUT2D eigenvalue weighted by Gasteiger charge is 2.52. The van der Waals surface area contributed by atoms with Crippen LogP contribution in [0.1, 0.15) is 54.7 Å². The van der Waals surface area contributed by atoms with E-state index in [0.29, 0.717) is 25.0 Å². The standard InChI is InChI=1S/C20H19F6O3P/c21-18-9-7-14(11-17(18)19(22,23)24)13-6-8-16(20(25,26)30(27,28)29)15(10-13)12-4-2-1-3-5-12/h6-12H,1-5H2,(H2,27,28,29). The molecule has 1 aliphatic carbocycles. The lowest BCUT2D eigenvalue weighted by atomic mass is 9.81. The van der Waals surface area contributed by atoms with Gasteiger partial charge in [0.1, 0.15) is 5.82 Å². The van der Waals surface area contributed by atoms with Crippen molar-refractivity contribution in [2.24, 2.45) is 0 Å². The second-order valence-electron chi connectivity index (χ2n) is 7.41. The minimum atomic E-state index is -5.82. The van der Waals surface area contributed by atoms with Crippen molar-refractivity contribution in [1.82, 2.24) is 0 Å². The van der Waals surface area contributed by atoms with Crippen LogP contribution in [0.3, 0.4) is 0 Å². The summed E-state index contributed by atoms with van der Waals surface area (Å²) in [5, 5.41) is 0. The van der Waals surface area contributed by atoms with E-state index >= 15 is 0 Å². The number of hydrogen-bond donors (Lipinski definition) is 2. The molecule has 0 spiro atoms. The number of rotatable bonds is 4. The SMILES string of the molecule is O=P(O)(O)C(F)(F)c1ccc(-c2ccc(F)c(C(F)(F)F)c2)cc1C1CCCCC1. The predicted molar refractivity (Wildman–Crippen MR) is 98.6 cm³/mol. The highest BCUT2D eigenvalue weighted by molar-refractivity contribution is 7.52. The van der Waals surface area contributed by atoms with E-state index < -0.39 is 42.3 Å². The van der Waals surface area contributed by atoms with Crippen molar-refractivity contribution in [2.45, 2.75) is 49.9 Å². The van der Waals surface area contributed by atoms with Crippen LogP contribution in [0.4, 0.5) is 26.3 Å². The monoisotopic (exact) mass is 452 g/mol. The van der Waals surface area contributed by atoms with E-state index in [1.54, 1.807) is 0 Å². The molecule has 2 N–H and O–H groups in total. The lowest BCUT2D eigenvalue weighted by molar-refractivity contribution is -0.139. The van der Waals surface area contributed by atoms with Crippen molar-refractivity contribution in [3.8, 4) is 11.1 Å². The predicted octanol–water partition coefficient (Wildman–Crippen LogP) is 6.79. The fourth-order valence-electron chi connectivity index (χ4n) is 3.85. The minimum absolute atomic E-state index is 0.00147. The maximum Gasteiger partial charge on any atom is 0.419 e. The number of hydrogen-bond acceptors (Lipinski definition) is 1. The first-order valence-corrected chi connectivity index (χ1v) is 10.9. The molecule has 1 saturated carbocycles. The van der Waals surface area contributed by atoms with Crippen molar-refractivity contribution < 1.29 is 40.7 Å². The van der Waals surface area contributed by atoms with Crippen LogP contribution < -0.4 is 0 Å². The maximum atomic E-state index is 14.5. The summed E-state index contributed by atoms with van der Waals surface area (Å²) in [4.78, 5) is 18.3. The molecule has 0 radical (unpaired) electrons. The Morgan fingerprint density at radius 3 is 1.97 bits per heavy atom. The molecule has 1 aliphatic rings. The first-order chi connectivity index (χ1) is 13.8. The van der Waals surface area contributed by atoms with Crippen LogP contribution >= 0.6 is 7.60 Å². The van der Waals surface area contributed by atoms with Gasteiger partial charge in [-0.3, -0.25) is 4.57 Å². The number of alkyl halides is 5. The highest BCUT2D eigenvalue weighted by Crippen LogP contribution is 2.61.